The molecule has 3 aromatic rings. The molecule has 166 valence electrons. The van der Waals surface area contributed by atoms with Crippen molar-refractivity contribution in [1.82, 2.24) is 15.1 Å². The molecule has 2 amide bonds. The Bertz CT molecular complexity index is 1060. The monoisotopic (exact) mass is 431 g/mol. The number of amides is 2. The molecule has 0 spiro atoms. The van der Waals surface area contributed by atoms with Crippen molar-refractivity contribution in [2.75, 3.05) is 43.5 Å². The number of hydrogen-bond acceptors (Lipinski definition) is 5. The maximum absolute atomic E-state index is 12.8. The Labute approximate surface area is 189 Å². The zero-order valence-electron chi connectivity index (χ0n) is 18.8. The van der Waals surface area contributed by atoms with Crippen molar-refractivity contribution in [2.45, 2.75) is 20.3 Å². The summed E-state index contributed by atoms with van der Waals surface area (Å²) in [6.07, 6.45) is 1.02. The molecule has 0 bridgehead atoms. The number of carbonyl (C=O) groups excluding carboxylic acids is 1. The van der Waals surface area contributed by atoms with Gasteiger partial charge in [-0.2, -0.15) is 0 Å². The Hall–Kier alpha value is -3.61. The predicted molar refractivity (Wildman–Crippen MR) is 127 cm³/mol. The zero-order chi connectivity index (χ0) is 22.5. The van der Waals surface area contributed by atoms with Gasteiger partial charge in [0.2, 0.25) is 0 Å². The third kappa shape index (κ3) is 4.82. The molecule has 0 saturated carbocycles. The summed E-state index contributed by atoms with van der Waals surface area (Å²) in [5.41, 5.74) is 4.99. The van der Waals surface area contributed by atoms with Crippen LogP contribution < -0.4 is 15.0 Å². The quantitative estimate of drug-likeness (QED) is 0.649. The van der Waals surface area contributed by atoms with Gasteiger partial charge >= 0.3 is 6.03 Å². The molecule has 1 saturated heterocycles. The van der Waals surface area contributed by atoms with Gasteiger partial charge in [-0.15, -0.1) is 10.2 Å². The van der Waals surface area contributed by atoms with E-state index < -0.39 is 0 Å². The fourth-order valence-electron chi connectivity index (χ4n) is 3.81. The van der Waals surface area contributed by atoms with Crippen molar-refractivity contribution < 1.29 is 9.53 Å². The Morgan fingerprint density at radius 1 is 1.00 bits per heavy atom. The molecule has 1 aliphatic rings. The van der Waals surface area contributed by atoms with Gasteiger partial charge in [0.05, 0.1) is 18.5 Å². The molecular weight excluding hydrogens is 402 g/mol. The van der Waals surface area contributed by atoms with E-state index in [1.165, 1.54) is 5.56 Å². The molecule has 4 rings (SSSR count). The lowest BCUT2D eigenvalue weighted by atomic mass is 10.1. The molecule has 0 aliphatic carbocycles. The number of rotatable bonds is 5. The summed E-state index contributed by atoms with van der Waals surface area (Å²) in [6.45, 7) is 6.77. The van der Waals surface area contributed by atoms with Gasteiger partial charge in [0, 0.05) is 31.7 Å². The smallest absolute Gasteiger partial charge is 0.322 e. The number of benzene rings is 2. The van der Waals surface area contributed by atoms with Crippen molar-refractivity contribution in [3.8, 4) is 17.0 Å². The first-order chi connectivity index (χ1) is 15.6. The summed E-state index contributed by atoms with van der Waals surface area (Å²) in [5.74, 6) is 1.49. The lowest BCUT2D eigenvalue weighted by molar-refractivity contribution is 0.208. The minimum Gasteiger partial charge on any atom is -0.495 e. The van der Waals surface area contributed by atoms with E-state index in [9.17, 15) is 4.79 Å². The predicted octanol–water partition coefficient (Wildman–Crippen LogP) is 4.38. The van der Waals surface area contributed by atoms with Crippen LogP contribution in [0.25, 0.3) is 11.3 Å². The minimum absolute atomic E-state index is 0.120. The second kappa shape index (κ2) is 9.68. The van der Waals surface area contributed by atoms with E-state index in [-0.39, 0.29) is 6.03 Å². The van der Waals surface area contributed by atoms with Crippen molar-refractivity contribution >= 4 is 17.5 Å². The SMILES string of the molecule is CCc1ccc(-c2ccc(N3CCN(C(=O)Nc4cc(C)ccc4OC)CC3)nn2)cc1. The number of aryl methyl sites for hydroxylation is 2. The summed E-state index contributed by atoms with van der Waals surface area (Å²) in [4.78, 5) is 16.7. The van der Waals surface area contributed by atoms with Gasteiger partial charge in [-0.3, -0.25) is 0 Å². The third-order valence-corrected chi connectivity index (χ3v) is 5.80. The van der Waals surface area contributed by atoms with Crippen LogP contribution in [0.2, 0.25) is 0 Å². The number of carbonyl (C=O) groups is 1. The Balaban J connectivity index is 1.35. The van der Waals surface area contributed by atoms with Crippen LogP contribution in [-0.4, -0.2) is 54.4 Å². The van der Waals surface area contributed by atoms with Crippen molar-refractivity contribution in [2.24, 2.45) is 0 Å². The first-order valence-corrected chi connectivity index (χ1v) is 11.0. The van der Waals surface area contributed by atoms with Gasteiger partial charge in [-0.05, 0) is 48.7 Å². The molecule has 2 aromatic carbocycles. The molecule has 32 heavy (non-hydrogen) atoms. The highest BCUT2D eigenvalue weighted by Crippen LogP contribution is 2.26. The summed E-state index contributed by atoms with van der Waals surface area (Å²) in [5, 5.41) is 11.8. The number of urea groups is 1. The molecule has 2 heterocycles. The lowest BCUT2D eigenvalue weighted by Crippen LogP contribution is -2.50. The molecule has 7 heteroatoms. The second-order valence-corrected chi connectivity index (χ2v) is 7.94. The number of methoxy groups -OCH3 is 1. The summed E-state index contributed by atoms with van der Waals surface area (Å²) >= 11 is 0. The van der Waals surface area contributed by atoms with Crippen molar-refractivity contribution in [1.29, 1.82) is 0 Å². The fraction of sp³-hybridized carbons (Fsp3) is 0.320. The van der Waals surface area contributed by atoms with Crippen LogP contribution in [-0.2, 0) is 6.42 Å². The zero-order valence-corrected chi connectivity index (χ0v) is 18.8. The molecule has 1 aliphatic heterocycles. The first-order valence-electron chi connectivity index (χ1n) is 11.0. The number of aromatic nitrogens is 2. The molecule has 7 nitrogen and oxygen atoms in total. The number of nitrogens with one attached hydrogen (secondary N) is 1. The van der Waals surface area contributed by atoms with Crippen LogP contribution in [0.5, 0.6) is 5.75 Å². The van der Waals surface area contributed by atoms with E-state index >= 15 is 0 Å². The number of nitrogens with zero attached hydrogens (tertiary/aromatic N) is 4. The normalized spacial score (nSPS) is 13.7. The van der Waals surface area contributed by atoms with Gasteiger partial charge in [0.25, 0.3) is 0 Å². The highest BCUT2D eigenvalue weighted by Gasteiger charge is 2.23. The summed E-state index contributed by atoms with van der Waals surface area (Å²) < 4.78 is 5.36. The Morgan fingerprint density at radius 3 is 2.38 bits per heavy atom. The number of ether oxygens (including phenoxy) is 1. The van der Waals surface area contributed by atoms with E-state index in [2.05, 4.69) is 51.6 Å². The largest absolute Gasteiger partial charge is 0.495 e. The number of piperazine rings is 1. The summed E-state index contributed by atoms with van der Waals surface area (Å²) in [7, 11) is 1.60. The van der Waals surface area contributed by atoms with Gasteiger partial charge in [0.1, 0.15) is 5.75 Å². The molecule has 0 radical (unpaired) electrons. The third-order valence-electron chi connectivity index (χ3n) is 5.80. The average molecular weight is 432 g/mol. The molecule has 1 N–H and O–H groups in total. The Kier molecular flexibility index (Phi) is 6.54. The topological polar surface area (TPSA) is 70.6 Å². The first kappa shape index (κ1) is 21.6. The lowest BCUT2D eigenvalue weighted by Gasteiger charge is -2.35. The van der Waals surface area contributed by atoms with Crippen LogP contribution >= 0.6 is 0 Å². The fourth-order valence-corrected chi connectivity index (χ4v) is 3.81. The van der Waals surface area contributed by atoms with Crippen LogP contribution in [0, 0.1) is 6.92 Å². The van der Waals surface area contributed by atoms with Gasteiger partial charge in [0.15, 0.2) is 5.82 Å². The molecular formula is C25H29N5O2. The van der Waals surface area contributed by atoms with Crippen LogP contribution in [0.3, 0.4) is 0 Å². The molecule has 1 fully saturated rings. The maximum atomic E-state index is 12.8. The highest BCUT2D eigenvalue weighted by atomic mass is 16.5. The van der Waals surface area contributed by atoms with Crippen LogP contribution in [0.15, 0.2) is 54.6 Å². The van der Waals surface area contributed by atoms with Gasteiger partial charge < -0.3 is 19.9 Å². The van der Waals surface area contributed by atoms with E-state index in [1.54, 1.807) is 7.11 Å². The average Bonchev–Trinajstić information content (AvgIpc) is 2.84. The molecule has 0 unspecified atom stereocenters. The van der Waals surface area contributed by atoms with E-state index in [1.807, 2.05) is 42.2 Å². The molecule has 1 aromatic heterocycles. The standard InChI is InChI=1S/C25H29N5O2/c1-4-19-6-8-20(9-7-19)21-10-12-24(28-27-21)29-13-15-30(16-14-29)25(31)26-22-17-18(2)5-11-23(22)32-3/h5-12,17H,4,13-16H2,1-3H3,(H,26,31). The van der Waals surface area contributed by atoms with Crippen molar-refractivity contribution in [3.63, 3.8) is 0 Å². The number of hydrogen-bond donors (Lipinski definition) is 1. The van der Waals surface area contributed by atoms with Crippen molar-refractivity contribution in [3.05, 3.63) is 65.7 Å². The van der Waals surface area contributed by atoms with Crippen LogP contribution in [0.1, 0.15) is 18.1 Å². The van der Waals surface area contributed by atoms with E-state index in [0.717, 1.165) is 29.1 Å². The second-order valence-electron chi connectivity index (χ2n) is 7.94. The van der Waals surface area contributed by atoms with E-state index in [0.29, 0.717) is 37.6 Å². The summed E-state index contributed by atoms with van der Waals surface area (Å²) in [6, 6.07) is 18.1. The van der Waals surface area contributed by atoms with Gasteiger partial charge in [-0.1, -0.05) is 37.3 Å². The van der Waals surface area contributed by atoms with E-state index in [4.69, 9.17) is 4.74 Å². The Morgan fingerprint density at radius 2 is 1.75 bits per heavy atom. The maximum Gasteiger partial charge on any atom is 0.322 e. The molecule has 0 atom stereocenters. The minimum atomic E-state index is -0.120. The number of anilines is 2. The van der Waals surface area contributed by atoms with Crippen LogP contribution in [0.4, 0.5) is 16.3 Å². The highest BCUT2D eigenvalue weighted by molar-refractivity contribution is 5.91. The van der Waals surface area contributed by atoms with Gasteiger partial charge in [-0.25, -0.2) is 4.79 Å².